The lowest BCUT2D eigenvalue weighted by atomic mass is 10.1. The Morgan fingerprint density at radius 2 is 1.90 bits per heavy atom. The molecule has 0 aliphatic carbocycles. The second-order valence-electron chi connectivity index (χ2n) is 6.28. The van der Waals surface area contributed by atoms with E-state index in [4.69, 9.17) is 19.5 Å². The molecule has 2 rings (SSSR count). The Balaban J connectivity index is 2.18. The average molecular weight is 476 g/mol. The van der Waals surface area contributed by atoms with E-state index in [9.17, 15) is 9.59 Å². The largest absolute Gasteiger partial charge is 0.495 e. The van der Waals surface area contributed by atoms with Gasteiger partial charge in [-0.2, -0.15) is 5.26 Å². The van der Waals surface area contributed by atoms with Gasteiger partial charge in [0.1, 0.15) is 5.75 Å². The van der Waals surface area contributed by atoms with Gasteiger partial charge in [-0.15, -0.1) is 0 Å². The van der Waals surface area contributed by atoms with Crippen LogP contribution in [0.4, 0.5) is 5.69 Å². The van der Waals surface area contributed by atoms with Crippen molar-refractivity contribution >= 4 is 33.4 Å². The minimum Gasteiger partial charge on any atom is -0.495 e. The first-order chi connectivity index (χ1) is 14.3. The number of nitriles is 1. The van der Waals surface area contributed by atoms with Crippen LogP contribution in [0.15, 0.2) is 34.8 Å². The Morgan fingerprint density at radius 3 is 2.50 bits per heavy atom. The highest BCUT2D eigenvalue weighted by atomic mass is 79.9. The summed E-state index contributed by atoms with van der Waals surface area (Å²) in [6.45, 7) is 1.85. The summed E-state index contributed by atoms with van der Waals surface area (Å²) in [4.78, 5) is 26.1. The van der Waals surface area contributed by atoms with Crippen molar-refractivity contribution in [3.05, 3.63) is 45.9 Å². The second-order valence-corrected chi connectivity index (χ2v) is 7.14. The smallest absolute Gasteiger partial charge is 0.262 e. The van der Waals surface area contributed by atoms with Crippen LogP contribution in [0.2, 0.25) is 0 Å². The van der Waals surface area contributed by atoms with E-state index >= 15 is 0 Å². The number of nitrogens with zero attached hydrogens (tertiary/aromatic N) is 2. The molecule has 8 nitrogen and oxygen atoms in total. The van der Waals surface area contributed by atoms with Crippen LogP contribution in [0.5, 0.6) is 17.2 Å². The summed E-state index contributed by atoms with van der Waals surface area (Å²) in [7, 11) is 4.76. The molecule has 0 aliphatic rings. The van der Waals surface area contributed by atoms with E-state index in [0.29, 0.717) is 45.1 Å². The molecular formula is C21H22BrN3O5. The molecule has 158 valence electrons. The molecule has 0 heterocycles. The number of amides is 2. The van der Waals surface area contributed by atoms with Crippen molar-refractivity contribution in [3.63, 3.8) is 0 Å². The predicted molar refractivity (Wildman–Crippen MR) is 115 cm³/mol. The van der Waals surface area contributed by atoms with E-state index in [1.165, 1.54) is 12.0 Å². The maximum absolute atomic E-state index is 12.5. The molecule has 30 heavy (non-hydrogen) atoms. The lowest BCUT2D eigenvalue weighted by molar-refractivity contribution is -0.118. The molecule has 2 aromatic rings. The van der Waals surface area contributed by atoms with Crippen molar-refractivity contribution in [2.75, 3.05) is 39.7 Å². The maximum atomic E-state index is 12.5. The molecule has 0 bridgehead atoms. The van der Waals surface area contributed by atoms with Crippen molar-refractivity contribution in [1.29, 1.82) is 5.26 Å². The third kappa shape index (κ3) is 5.64. The Kier molecular flexibility index (Phi) is 8.07. The number of carbonyl (C=O) groups excluding carboxylic acids is 2. The van der Waals surface area contributed by atoms with Crippen LogP contribution in [-0.4, -0.2) is 51.1 Å². The van der Waals surface area contributed by atoms with Crippen molar-refractivity contribution in [2.24, 2.45) is 0 Å². The van der Waals surface area contributed by atoms with Gasteiger partial charge >= 0.3 is 0 Å². The molecule has 0 saturated carbocycles. The predicted octanol–water partition coefficient (Wildman–Crippen LogP) is 3.45. The SMILES string of the molecule is CCOc1cc(C#N)cc(Br)c1OCC(=O)Nc1cc(C(=O)N(C)C)ccc1OC. The quantitative estimate of drug-likeness (QED) is 0.627. The highest BCUT2D eigenvalue weighted by Gasteiger charge is 2.17. The van der Waals surface area contributed by atoms with Gasteiger partial charge in [0.25, 0.3) is 11.8 Å². The van der Waals surface area contributed by atoms with Gasteiger partial charge < -0.3 is 24.4 Å². The number of hydrogen-bond donors (Lipinski definition) is 1. The molecule has 0 aromatic heterocycles. The van der Waals surface area contributed by atoms with Crippen LogP contribution in [0, 0.1) is 11.3 Å². The normalized spacial score (nSPS) is 10.0. The van der Waals surface area contributed by atoms with E-state index in [-0.39, 0.29) is 12.5 Å². The Bertz CT molecular complexity index is 985. The number of carbonyl (C=O) groups is 2. The zero-order chi connectivity index (χ0) is 22.3. The molecule has 2 aromatic carbocycles. The van der Waals surface area contributed by atoms with Crippen LogP contribution >= 0.6 is 15.9 Å². The molecule has 1 N–H and O–H groups in total. The summed E-state index contributed by atoms with van der Waals surface area (Å²) in [5.41, 5.74) is 1.16. The molecule has 0 spiro atoms. The monoisotopic (exact) mass is 475 g/mol. The highest BCUT2D eigenvalue weighted by Crippen LogP contribution is 2.37. The van der Waals surface area contributed by atoms with Crippen molar-refractivity contribution in [1.82, 2.24) is 4.90 Å². The summed E-state index contributed by atoms with van der Waals surface area (Å²) in [5.74, 6) is 0.420. The van der Waals surface area contributed by atoms with Gasteiger partial charge in [-0.1, -0.05) is 0 Å². The number of ether oxygens (including phenoxy) is 3. The van der Waals surface area contributed by atoms with Crippen LogP contribution in [-0.2, 0) is 4.79 Å². The third-order valence-corrected chi connectivity index (χ3v) is 4.50. The Labute approximate surface area is 183 Å². The van der Waals surface area contributed by atoms with Gasteiger partial charge in [0.2, 0.25) is 0 Å². The first-order valence-corrected chi connectivity index (χ1v) is 9.78. The fourth-order valence-corrected chi connectivity index (χ4v) is 3.11. The van der Waals surface area contributed by atoms with Crippen molar-refractivity contribution in [3.8, 4) is 23.3 Å². The molecular weight excluding hydrogens is 454 g/mol. The van der Waals surface area contributed by atoms with Gasteiger partial charge in [-0.3, -0.25) is 9.59 Å². The third-order valence-electron chi connectivity index (χ3n) is 3.91. The fourth-order valence-electron chi connectivity index (χ4n) is 2.56. The maximum Gasteiger partial charge on any atom is 0.262 e. The van der Waals surface area contributed by atoms with Gasteiger partial charge in [0, 0.05) is 25.7 Å². The Hall–Kier alpha value is -3.25. The van der Waals surface area contributed by atoms with Crippen molar-refractivity contribution in [2.45, 2.75) is 6.92 Å². The zero-order valence-corrected chi connectivity index (χ0v) is 18.7. The molecule has 2 amide bonds. The molecule has 0 unspecified atom stereocenters. The molecule has 0 aliphatic heterocycles. The minimum absolute atomic E-state index is 0.202. The molecule has 0 saturated heterocycles. The summed E-state index contributed by atoms with van der Waals surface area (Å²) < 4.78 is 16.9. The standard InChI is InChI=1S/C21H22BrN3O5/c1-5-29-18-9-13(11-23)8-15(22)20(18)30-12-19(26)24-16-10-14(21(27)25(2)3)6-7-17(16)28-4/h6-10H,5,12H2,1-4H3,(H,24,26). The number of nitrogens with one attached hydrogen (secondary N) is 1. The first kappa shape index (κ1) is 23.0. The lowest BCUT2D eigenvalue weighted by Crippen LogP contribution is -2.23. The minimum atomic E-state index is -0.457. The lowest BCUT2D eigenvalue weighted by Gasteiger charge is -2.16. The molecule has 9 heteroatoms. The number of anilines is 1. The fraction of sp³-hybridized carbons (Fsp3) is 0.286. The number of methoxy groups -OCH3 is 1. The van der Waals surface area contributed by atoms with Crippen LogP contribution in [0.3, 0.4) is 0 Å². The van der Waals surface area contributed by atoms with E-state index in [2.05, 4.69) is 21.2 Å². The van der Waals surface area contributed by atoms with Crippen LogP contribution in [0.25, 0.3) is 0 Å². The van der Waals surface area contributed by atoms with E-state index in [1.807, 2.05) is 6.07 Å². The van der Waals surface area contributed by atoms with Gasteiger partial charge in [0.05, 0.1) is 35.5 Å². The topological polar surface area (TPSA) is 101 Å². The molecule has 0 atom stereocenters. The van der Waals surface area contributed by atoms with E-state index in [1.54, 1.807) is 51.4 Å². The molecule has 0 radical (unpaired) electrons. The number of hydrogen-bond acceptors (Lipinski definition) is 6. The first-order valence-electron chi connectivity index (χ1n) is 8.99. The average Bonchev–Trinajstić information content (AvgIpc) is 2.72. The van der Waals surface area contributed by atoms with E-state index in [0.717, 1.165) is 0 Å². The number of rotatable bonds is 8. The summed E-state index contributed by atoms with van der Waals surface area (Å²) in [6.07, 6.45) is 0. The van der Waals surface area contributed by atoms with E-state index < -0.39 is 5.91 Å². The summed E-state index contributed by atoms with van der Waals surface area (Å²) in [5, 5.41) is 11.8. The summed E-state index contributed by atoms with van der Waals surface area (Å²) in [6, 6.07) is 9.93. The van der Waals surface area contributed by atoms with Crippen molar-refractivity contribution < 1.29 is 23.8 Å². The zero-order valence-electron chi connectivity index (χ0n) is 17.1. The Morgan fingerprint density at radius 1 is 1.17 bits per heavy atom. The highest BCUT2D eigenvalue weighted by molar-refractivity contribution is 9.10. The second kappa shape index (κ2) is 10.5. The van der Waals surface area contributed by atoms with Gasteiger partial charge in [0.15, 0.2) is 18.1 Å². The van der Waals surface area contributed by atoms with Crippen LogP contribution < -0.4 is 19.5 Å². The van der Waals surface area contributed by atoms with Gasteiger partial charge in [-0.05, 0) is 47.1 Å². The number of halogens is 1. The van der Waals surface area contributed by atoms with Crippen LogP contribution in [0.1, 0.15) is 22.8 Å². The molecule has 0 fully saturated rings. The summed E-state index contributed by atoms with van der Waals surface area (Å²) >= 11 is 3.34. The van der Waals surface area contributed by atoms with Gasteiger partial charge in [-0.25, -0.2) is 0 Å². The number of benzene rings is 2.